The number of carboxylic acids is 2. The van der Waals surface area contributed by atoms with Gasteiger partial charge >= 0.3 is 11.9 Å². The van der Waals surface area contributed by atoms with Crippen LogP contribution >= 0.6 is 0 Å². The fourth-order valence-corrected chi connectivity index (χ4v) is 4.71. The Bertz CT molecular complexity index is 1220. The summed E-state index contributed by atoms with van der Waals surface area (Å²) in [6.07, 6.45) is 7.65. The Hall–Kier alpha value is -3.57. The van der Waals surface area contributed by atoms with Crippen molar-refractivity contribution in [2.45, 2.75) is 57.5 Å². The number of rotatable bonds is 6. The predicted octanol–water partition coefficient (Wildman–Crippen LogP) is 3.74. The molecule has 2 aromatic heterocycles. The number of aliphatic carboxylic acids is 2. The third-order valence-electron chi connectivity index (χ3n) is 6.71. The first-order valence-electron chi connectivity index (χ1n) is 12.6. The van der Waals surface area contributed by atoms with Gasteiger partial charge in [0.25, 0.3) is 0 Å². The summed E-state index contributed by atoms with van der Waals surface area (Å²) in [4.78, 5) is 21.7. The lowest BCUT2D eigenvalue weighted by atomic mass is 9.94. The number of piperidine rings is 1. The lowest BCUT2D eigenvalue weighted by Gasteiger charge is -2.38. The van der Waals surface area contributed by atoms with Gasteiger partial charge in [0, 0.05) is 55.0 Å². The second-order valence-electron chi connectivity index (χ2n) is 9.56. The normalized spacial score (nSPS) is 17.8. The van der Waals surface area contributed by atoms with Crippen LogP contribution in [0.2, 0.25) is 0 Å². The largest absolute Gasteiger partial charge is 0.478 e. The fraction of sp³-hybridized carbons (Fsp3) is 0.500. The minimum atomic E-state index is -1.26. The highest BCUT2D eigenvalue weighted by molar-refractivity contribution is 5.91. The highest BCUT2D eigenvalue weighted by Gasteiger charge is 2.30. The molecule has 2 saturated heterocycles. The van der Waals surface area contributed by atoms with Crippen molar-refractivity contribution in [2.24, 2.45) is 0 Å². The molecule has 11 nitrogen and oxygen atoms in total. The maximum absolute atomic E-state index is 9.55. The molecule has 0 unspecified atom stereocenters. The van der Waals surface area contributed by atoms with Crippen molar-refractivity contribution in [1.29, 1.82) is 0 Å². The molecule has 198 valence electrons. The van der Waals surface area contributed by atoms with E-state index in [0.717, 1.165) is 74.3 Å². The van der Waals surface area contributed by atoms with Gasteiger partial charge in [0.15, 0.2) is 0 Å². The molecular formula is C26H33N5O6. The molecule has 2 aliphatic heterocycles. The first kappa shape index (κ1) is 26.5. The predicted molar refractivity (Wildman–Crippen MR) is 135 cm³/mol. The number of nitrogens with zero attached hydrogens (tertiary/aromatic N) is 5. The van der Waals surface area contributed by atoms with E-state index in [0.29, 0.717) is 36.0 Å². The third kappa shape index (κ3) is 6.80. The SMILES string of the molecule is CC(C)n1cc2cccc(-c3nnc(C4CCN(C5CCOCC5)CC4)o3)c2n1.O=C(O)/C=C/C(=O)O. The molecule has 2 N–H and O–H groups in total. The number of likely N-dealkylation sites (tertiary alicyclic amines) is 1. The van der Waals surface area contributed by atoms with Crippen molar-refractivity contribution >= 4 is 22.8 Å². The minimum Gasteiger partial charge on any atom is -0.478 e. The molecule has 1 aromatic carbocycles. The first-order valence-corrected chi connectivity index (χ1v) is 12.6. The Kier molecular flexibility index (Phi) is 8.67. The van der Waals surface area contributed by atoms with Crippen LogP contribution in [0.5, 0.6) is 0 Å². The van der Waals surface area contributed by atoms with Crippen molar-refractivity contribution in [3.63, 3.8) is 0 Å². The van der Waals surface area contributed by atoms with E-state index < -0.39 is 11.9 Å². The summed E-state index contributed by atoms with van der Waals surface area (Å²) in [6, 6.07) is 7.12. The lowest BCUT2D eigenvalue weighted by molar-refractivity contribution is -0.134. The average Bonchev–Trinajstić information content (AvgIpc) is 3.56. The summed E-state index contributed by atoms with van der Waals surface area (Å²) in [5, 5.41) is 30.3. The Morgan fingerprint density at radius 2 is 1.70 bits per heavy atom. The first-order chi connectivity index (χ1) is 17.8. The Balaban J connectivity index is 0.000000349. The van der Waals surface area contributed by atoms with Gasteiger partial charge < -0.3 is 24.3 Å². The number of carbonyl (C=O) groups is 2. The Morgan fingerprint density at radius 1 is 1.03 bits per heavy atom. The van der Waals surface area contributed by atoms with E-state index in [1.807, 2.05) is 16.8 Å². The molecule has 0 spiro atoms. The van der Waals surface area contributed by atoms with Crippen molar-refractivity contribution in [3.8, 4) is 11.5 Å². The molecule has 0 radical (unpaired) electrons. The van der Waals surface area contributed by atoms with E-state index in [1.54, 1.807) is 0 Å². The van der Waals surface area contributed by atoms with Crippen molar-refractivity contribution in [3.05, 3.63) is 42.4 Å². The highest BCUT2D eigenvalue weighted by Crippen LogP contribution is 2.33. The molecule has 0 bridgehead atoms. The van der Waals surface area contributed by atoms with Gasteiger partial charge in [-0.1, -0.05) is 12.1 Å². The van der Waals surface area contributed by atoms with E-state index in [1.165, 1.54) is 0 Å². The second kappa shape index (κ2) is 12.1. The number of hydrogen-bond donors (Lipinski definition) is 2. The molecule has 0 amide bonds. The van der Waals surface area contributed by atoms with Crippen LogP contribution in [-0.4, -0.2) is 79.4 Å². The quantitative estimate of drug-likeness (QED) is 0.470. The van der Waals surface area contributed by atoms with Crippen LogP contribution < -0.4 is 0 Å². The summed E-state index contributed by atoms with van der Waals surface area (Å²) in [6.45, 7) is 8.25. The zero-order chi connectivity index (χ0) is 26.4. The number of carboxylic acid groups (broad SMARTS) is 2. The molecule has 11 heteroatoms. The van der Waals surface area contributed by atoms with E-state index in [9.17, 15) is 9.59 Å². The number of aromatic nitrogens is 4. The molecular weight excluding hydrogens is 478 g/mol. The minimum absolute atomic E-state index is 0.314. The lowest BCUT2D eigenvalue weighted by Crippen LogP contribution is -2.43. The van der Waals surface area contributed by atoms with Crippen LogP contribution in [0.4, 0.5) is 0 Å². The summed E-state index contributed by atoms with van der Waals surface area (Å²) in [5.74, 6) is -0.821. The second-order valence-corrected chi connectivity index (χ2v) is 9.56. The van der Waals surface area contributed by atoms with E-state index in [4.69, 9.17) is 24.5 Å². The summed E-state index contributed by atoms with van der Waals surface area (Å²) in [7, 11) is 0. The van der Waals surface area contributed by atoms with Crippen molar-refractivity contribution in [1.82, 2.24) is 24.9 Å². The van der Waals surface area contributed by atoms with Gasteiger partial charge in [-0.3, -0.25) is 4.68 Å². The van der Waals surface area contributed by atoms with Crippen LogP contribution in [0.1, 0.15) is 57.4 Å². The summed E-state index contributed by atoms with van der Waals surface area (Å²) >= 11 is 0. The molecule has 37 heavy (non-hydrogen) atoms. The van der Waals surface area contributed by atoms with Crippen LogP contribution in [0.15, 0.2) is 41.0 Å². The highest BCUT2D eigenvalue weighted by atomic mass is 16.5. The Labute approximate surface area is 214 Å². The zero-order valence-electron chi connectivity index (χ0n) is 21.1. The van der Waals surface area contributed by atoms with Crippen LogP contribution in [0, 0.1) is 0 Å². The monoisotopic (exact) mass is 511 g/mol. The van der Waals surface area contributed by atoms with Gasteiger partial charge in [0.05, 0.1) is 5.56 Å². The molecule has 0 aliphatic carbocycles. The van der Waals surface area contributed by atoms with Gasteiger partial charge in [-0.2, -0.15) is 5.10 Å². The number of fused-ring (bicyclic) bond motifs is 1. The van der Waals surface area contributed by atoms with Gasteiger partial charge in [0.1, 0.15) is 5.52 Å². The maximum atomic E-state index is 9.55. The fourth-order valence-electron chi connectivity index (χ4n) is 4.71. The molecule has 2 fully saturated rings. The van der Waals surface area contributed by atoms with E-state index in [-0.39, 0.29) is 0 Å². The number of hydrogen-bond acceptors (Lipinski definition) is 8. The zero-order valence-corrected chi connectivity index (χ0v) is 21.1. The molecule has 3 aromatic rings. The summed E-state index contributed by atoms with van der Waals surface area (Å²) < 4.78 is 13.6. The van der Waals surface area contributed by atoms with Crippen LogP contribution in [-0.2, 0) is 14.3 Å². The van der Waals surface area contributed by atoms with Crippen LogP contribution in [0.3, 0.4) is 0 Å². The number of ether oxygens (including phenoxy) is 1. The molecule has 0 atom stereocenters. The van der Waals surface area contributed by atoms with Gasteiger partial charge in [-0.15, -0.1) is 10.2 Å². The topological polar surface area (TPSA) is 144 Å². The maximum Gasteiger partial charge on any atom is 0.328 e. The average molecular weight is 512 g/mol. The number of benzene rings is 1. The molecule has 4 heterocycles. The van der Waals surface area contributed by atoms with E-state index >= 15 is 0 Å². The van der Waals surface area contributed by atoms with Gasteiger partial charge in [-0.05, 0) is 58.7 Å². The standard InChI is InChI=1S/C22H29N5O2.C4H4O4/c1-15(2)27-14-17-4-3-5-19(20(17)25-27)22-24-23-21(29-22)16-6-10-26(11-7-16)18-8-12-28-13-9-18;5-3(6)1-2-4(7)8/h3-5,14-16,18H,6-13H2,1-2H3;1-2H,(H,5,6)(H,7,8)/b;2-1+. The van der Waals surface area contributed by atoms with Crippen molar-refractivity contribution in [2.75, 3.05) is 26.3 Å². The van der Waals surface area contributed by atoms with E-state index in [2.05, 4.69) is 41.2 Å². The third-order valence-corrected chi connectivity index (χ3v) is 6.71. The molecule has 0 saturated carbocycles. The smallest absolute Gasteiger partial charge is 0.328 e. The Morgan fingerprint density at radius 3 is 2.32 bits per heavy atom. The molecule has 5 rings (SSSR count). The van der Waals surface area contributed by atoms with Gasteiger partial charge in [0.2, 0.25) is 11.8 Å². The van der Waals surface area contributed by atoms with Crippen molar-refractivity contribution < 1.29 is 29.0 Å². The van der Waals surface area contributed by atoms with Gasteiger partial charge in [-0.25, -0.2) is 9.59 Å². The van der Waals surface area contributed by atoms with Crippen LogP contribution in [0.25, 0.3) is 22.4 Å². The summed E-state index contributed by atoms with van der Waals surface area (Å²) in [5.41, 5.74) is 1.84. The molecule has 2 aliphatic rings.